The first kappa shape index (κ1) is 21.4. The smallest absolute Gasteiger partial charge is 0.194 e. The molecule has 3 aromatic rings. The average molecular weight is 477 g/mol. The van der Waals surface area contributed by atoms with Crippen LogP contribution in [0.4, 0.5) is 10.2 Å². The summed E-state index contributed by atoms with van der Waals surface area (Å²) >= 11 is 1.26. The van der Waals surface area contributed by atoms with Crippen molar-refractivity contribution in [1.29, 1.82) is 5.26 Å². The largest absolute Gasteiger partial charge is 0.507 e. The molecule has 3 aliphatic carbocycles. The summed E-state index contributed by atoms with van der Waals surface area (Å²) in [4.78, 5) is 10.9. The van der Waals surface area contributed by atoms with E-state index in [0.717, 1.165) is 38.5 Å². The van der Waals surface area contributed by atoms with Crippen molar-refractivity contribution in [3.05, 3.63) is 34.8 Å². The predicted molar refractivity (Wildman–Crippen MR) is 127 cm³/mol. The topological polar surface area (TPSA) is 98.8 Å². The van der Waals surface area contributed by atoms with Crippen LogP contribution in [0, 0.1) is 23.2 Å². The van der Waals surface area contributed by atoms with Gasteiger partial charge in [-0.2, -0.15) is 5.26 Å². The average Bonchev–Trinajstić information content (AvgIpc) is 3.57. The normalized spacial score (nSPS) is 26.1. The summed E-state index contributed by atoms with van der Waals surface area (Å²) < 4.78 is 15.5. The molecule has 6 rings (SSSR count). The fourth-order valence-electron chi connectivity index (χ4n) is 5.72. The number of hydrogen-bond acceptors (Lipinski definition) is 8. The number of nitriles is 1. The highest BCUT2D eigenvalue weighted by atomic mass is 32.1. The SMILES string of the molecule is N#Cc1nc(-c2ccc(-c3ncc(N(C4CC4)[C@H]4C[C@@H]5CCC[C@@H](C5)[C@H]4F)nn3)c(O)c2)cs1. The van der Waals surface area contributed by atoms with Crippen LogP contribution in [0.5, 0.6) is 5.75 Å². The summed E-state index contributed by atoms with van der Waals surface area (Å²) in [6.07, 6.45) is 8.18. The molecule has 2 heterocycles. The van der Waals surface area contributed by atoms with E-state index in [4.69, 9.17) is 5.26 Å². The zero-order valence-corrected chi connectivity index (χ0v) is 19.5. The minimum Gasteiger partial charge on any atom is -0.507 e. The number of hydrogen-bond donors (Lipinski definition) is 1. The molecule has 3 aliphatic rings. The third-order valence-electron chi connectivity index (χ3n) is 7.46. The highest BCUT2D eigenvalue weighted by molar-refractivity contribution is 7.10. The first-order valence-electron chi connectivity index (χ1n) is 11.9. The Morgan fingerprint density at radius 1 is 1.15 bits per heavy atom. The van der Waals surface area contributed by atoms with Crippen molar-refractivity contribution in [2.24, 2.45) is 11.8 Å². The van der Waals surface area contributed by atoms with Crippen LogP contribution in [0.2, 0.25) is 0 Å². The van der Waals surface area contributed by atoms with Crippen molar-refractivity contribution in [2.45, 2.75) is 63.2 Å². The van der Waals surface area contributed by atoms with Crippen LogP contribution in [0.15, 0.2) is 29.8 Å². The number of halogens is 1. The van der Waals surface area contributed by atoms with Crippen LogP contribution >= 0.6 is 11.3 Å². The summed E-state index contributed by atoms with van der Waals surface area (Å²) in [7, 11) is 0. The number of aromatic hydroxyl groups is 1. The van der Waals surface area contributed by atoms with E-state index < -0.39 is 6.17 Å². The third-order valence-corrected chi connectivity index (χ3v) is 8.21. The number of alkyl halides is 1. The molecule has 3 saturated carbocycles. The summed E-state index contributed by atoms with van der Waals surface area (Å²) in [6.45, 7) is 0. The number of fused-ring (bicyclic) bond motifs is 2. The maximum Gasteiger partial charge on any atom is 0.194 e. The Hall–Kier alpha value is -3.12. The number of anilines is 1. The van der Waals surface area contributed by atoms with Gasteiger partial charge in [0.1, 0.15) is 18.0 Å². The lowest BCUT2D eigenvalue weighted by Gasteiger charge is -2.46. The second kappa shape index (κ2) is 8.58. The molecule has 0 spiro atoms. The van der Waals surface area contributed by atoms with E-state index in [1.807, 2.05) is 12.1 Å². The molecule has 2 aromatic heterocycles. The van der Waals surface area contributed by atoms with Crippen LogP contribution in [-0.2, 0) is 0 Å². The van der Waals surface area contributed by atoms with E-state index in [9.17, 15) is 5.11 Å². The molecule has 0 aliphatic heterocycles. The molecule has 0 amide bonds. The number of benzene rings is 1. The van der Waals surface area contributed by atoms with Gasteiger partial charge in [-0.15, -0.1) is 21.5 Å². The molecule has 7 nitrogen and oxygen atoms in total. The van der Waals surface area contributed by atoms with Crippen molar-refractivity contribution in [3.63, 3.8) is 0 Å². The molecule has 1 aromatic carbocycles. The summed E-state index contributed by atoms with van der Waals surface area (Å²) in [6, 6.07) is 7.32. The molecule has 4 atom stereocenters. The van der Waals surface area contributed by atoms with E-state index in [1.165, 1.54) is 17.8 Å². The van der Waals surface area contributed by atoms with Crippen molar-refractivity contribution in [3.8, 4) is 34.5 Å². The van der Waals surface area contributed by atoms with Gasteiger partial charge in [0.15, 0.2) is 16.6 Å². The standard InChI is InChI=1S/C25H25FN6OS/c26-24-16-3-1-2-14(8-16)9-20(24)32(17-5-6-17)22-12-28-25(31-30-22)18-7-4-15(10-21(18)33)19-13-34-23(11-27)29-19/h4,7,10,12-14,16-17,20,24,33H,1-3,5-6,8-9H2/t14-,16+,20+,24-/m1/s1. The van der Waals surface area contributed by atoms with Crippen LogP contribution in [0.3, 0.4) is 0 Å². The fraction of sp³-hybridized carbons (Fsp3) is 0.480. The van der Waals surface area contributed by atoms with Crippen LogP contribution in [0.25, 0.3) is 22.6 Å². The molecule has 0 unspecified atom stereocenters. The number of nitrogens with zero attached hydrogens (tertiary/aromatic N) is 6. The molecule has 0 radical (unpaired) electrons. The maximum absolute atomic E-state index is 15.5. The zero-order valence-electron chi connectivity index (χ0n) is 18.6. The molecule has 0 saturated heterocycles. The molecule has 3 fully saturated rings. The van der Waals surface area contributed by atoms with Crippen molar-refractivity contribution in [2.75, 3.05) is 4.90 Å². The first-order chi connectivity index (χ1) is 16.6. The second-order valence-corrected chi connectivity index (χ2v) is 10.6. The lowest BCUT2D eigenvalue weighted by Crippen LogP contribution is -2.52. The Labute approximate surface area is 201 Å². The van der Waals surface area contributed by atoms with E-state index in [-0.39, 0.29) is 17.7 Å². The van der Waals surface area contributed by atoms with Crippen LogP contribution < -0.4 is 4.90 Å². The van der Waals surface area contributed by atoms with Gasteiger partial charge < -0.3 is 10.0 Å². The van der Waals surface area contributed by atoms with Gasteiger partial charge in [0.2, 0.25) is 0 Å². The molecule has 9 heteroatoms. The van der Waals surface area contributed by atoms with Gasteiger partial charge in [-0.3, -0.25) is 0 Å². The molecule has 34 heavy (non-hydrogen) atoms. The lowest BCUT2D eigenvalue weighted by atomic mass is 9.69. The van der Waals surface area contributed by atoms with Crippen molar-refractivity contribution >= 4 is 17.2 Å². The third kappa shape index (κ3) is 3.90. The number of aromatic nitrogens is 4. The summed E-state index contributed by atoms with van der Waals surface area (Å²) in [5, 5.41) is 30.5. The highest BCUT2D eigenvalue weighted by Crippen LogP contribution is 2.46. The monoisotopic (exact) mass is 476 g/mol. The number of phenols is 1. The maximum atomic E-state index is 15.5. The zero-order chi connectivity index (χ0) is 23.2. The van der Waals surface area contributed by atoms with Crippen molar-refractivity contribution in [1.82, 2.24) is 20.2 Å². The minimum absolute atomic E-state index is 0.0153. The van der Waals surface area contributed by atoms with Crippen LogP contribution in [-0.4, -0.2) is 43.5 Å². The highest BCUT2D eigenvalue weighted by Gasteiger charge is 2.46. The number of rotatable bonds is 5. The Balaban J connectivity index is 1.25. The van der Waals surface area contributed by atoms with E-state index in [2.05, 4.69) is 25.1 Å². The Kier molecular flexibility index (Phi) is 5.41. The van der Waals surface area contributed by atoms with Gasteiger partial charge in [-0.1, -0.05) is 18.9 Å². The molecule has 1 N–H and O–H groups in total. The Bertz CT molecular complexity index is 1240. The second-order valence-electron chi connectivity index (χ2n) is 9.70. The summed E-state index contributed by atoms with van der Waals surface area (Å²) in [5.74, 6) is 1.73. The van der Waals surface area contributed by atoms with Gasteiger partial charge >= 0.3 is 0 Å². The minimum atomic E-state index is -0.831. The molecular weight excluding hydrogens is 451 g/mol. The number of thiazole rings is 1. The van der Waals surface area contributed by atoms with Gasteiger partial charge in [-0.05, 0) is 56.1 Å². The fourth-order valence-corrected chi connectivity index (χ4v) is 6.33. The van der Waals surface area contributed by atoms with E-state index in [1.54, 1.807) is 23.7 Å². The first-order valence-corrected chi connectivity index (χ1v) is 12.8. The molecular formula is C25H25FN6OS. The quantitative estimate of drug-likeness (QED) is 0.545. The summed E-state index contributed by atoms with van der Waals surface area (Å²) in [5.41, 5.74) is 1.81. The van der Waals surface area contributed by atoms with E-state index >= 15 is 4.39 Å². The lowest BCUT2D eigenvalue weighted by molar-refractivity contribution is 0.0631. The predicted octanol–water partition coefficient (Wildman–Crippen LogP) is 5.12. The molecule has 174 valence electrons. The molecule has 2 bridgehead atoms. The van der Waals surface area contributed by atoms with Gasteiger partial charge in [0.25, 0.3) is 0 Å². The van der Waals surface area contributed by atoms with E-state index in [0.29, 0.717) is 45.4 Å². The van der Waals surface area contributed by atoms with Crippen LogP contribution in [0.1, 0.15) is 50.0 Å². The number of phenolic OH excluding ortho intramolecular Hbond substituents is 1. The van der Waals surface area contributed by atoms with Crippen molar-refractivity contribution < 1.29 is 9.50 Å². The van der Waals surface area contributed by atoms with Gasteiger partial charge in [0, 0.05) is 17.0 Å². The Morgan fingerprint density at radius 2 is 2.03 bits per heavy atom. The Morgan fingerprint density at radius 3 is 2.74 bits per heavy atom. The van der Waals surface area contributed by atoms with Gasteiger partial charge in [0.05, 0.1) is 23.5 Å². The van der Waals surface area contributed by atoms with Gasteiger partial charge in [-0.25, -0.2) is 14.4 Å².